The maximum Gasteiger partial charge on any atom is 0.178 e. The van der Waals surface area contributed by atoms with Crippen LogP contribution in [0.15, 0.2) is 17.5 Å². The summed E-state index contributed by atoms with van der Waals surface area (Å²) >= 11 is 1.38. The van der Waals surface area contributed by atoms with Crippen LogP contribution in [0.2, 0.25) is 0 Å². The predicted octanol–water partition coefficient (Wildman–Crippen LogP) is 5.66. The zero-order valence-electron chi connectivity index (χ0n) is 14.6. The van der Waals surface area contributed by atoms with Crippen molar-refractivity contribution in [3.63, 3.8) is 0 Å². The van der Waals surface area contributed by atoms with Gasteiger partial charge in [-0.25, -0.2) is 4.98 Å². The van der Waals surface area contributed by atoms with Crippen molar-refractivity contribution in [1.29, 1.82) is 0 Å². The first kappa shape index (κ1) is 17.7. The van der Waals surface area contributed by atoms with E-state index in [4.69, 9.17) is 4.74 Å². The quantitative estimate of drug-likeness (QED) is 0.615. The Labute approximate surface area is 142 Å². The van der Waals surface area contributed by atoms with Crippen LogP contribution >= 0.6 is 11.3 Å². The molecule has 2 rings (SSSR count). The minimum absolute atomic E-state index is 0.414. The molecule has 0 fully saturated rings. The minimum atomic E-state index is 0.414. The predicted molar refractivity (Wildman–Crippen MR) is 96.9 cm³/mol. The number of nitrogens with zero attached hydrogens (tertiary/aromatic N) is 1. The van der Waals surface area contributed by atoms with Crippen LogP contribution in [0.25, 0.3) is 11.3 Å². The Morgan fingerprint density at radius 2 is 1.74 bits per heavy atom. The molecule has 1 aromatic carbocycles. The van der Waals surface area contributed by atoms with Gasteiger partial charge in [0.05, 0.1) is 12.8 Å². The van der Waals surface area contributed by atoms with Crippen LogP contribution in [0.1, 0.15) is 73.3 Å². The van der Waals surface area contributed by atoms with Gasteiger partial charge in [0.15, 0.2) is 11.3 Å². The van der Waals surface area contributed by atoms with E-state index >= 15 is 0 Å². The molecule has 124 valence electrons. The van der Waals surface area contributed by atoms with E-state index in [9.17, 15) is 4.79 Å². The van der Waals surface area contributed by atoms with Crippen LogP contribution in [0.3, 0.4) is 0 Å². The lowest BCUT2D eigenvalue weighted by molar-refractivity contribution is 0.112. The zero-order chi connectivity index (χ0) is 17.0. The van der Waals surface area contributed by atoms with Gasteiger partial charge in [-0.2, -0.15) is 0 Å². The molecule has 0 aliphatic heterocycles. The molecule has 2 unspecified atom stereocenters. The molecular formula is C19H25NO2S. The van der Waals surface area contributed by atoms with E-state index in [1.54, 1.807) is 7.11 Å². The molecule has 3 nitrogen and oxygen atoms in total. The summed E-state index contributed by atoms with van der Waals surface area (Å²) in [5, 5.41) is 2.47. The summed E-state index contributed by atoms with van der Waals surface area (Å²) in [7, 11) is 1.75. The van der Waals surface area contributed by atoms with Crippen molar-refractivity contribution in [3.05, 3.63) is 33.6 Å². The second kappa shape index (κ2) is 7.73. The fourth-order valence-corrected chi connectivity index (χ4v) is 3.33. The molecule has 0 amide bonds. The van der Waals surface area contributed by atoms with Crippen molar-refractivity contribution in [2.75, 3.05) is 7.11 Å². The fraction of sp³-hybridized carbons (Fsp3) is 0.474. The van der Waals surface area contributed by atoms with E-state index in [0.717, 1.165) is 36.1 Å². The van der Waals surface area contributed by atoms with Crippen LogP contribution in [0.4, 0.5) is 0 Å². The second-order valence-electron chi connectivity index (χ2n) is 6.00. The highest BCUT2D eigenvalue weighted by atomic mass is 32.1. The second-order valence-corrected chi connectivity index (χ2v) is 6.89. The summed E-state index contributed by atoms with van der Waals surface area (Å²) in [6.45, 7) is 8.82. The van der Waals surface area contributed by atoms with Crippen LogP contribution in [0, 0.1) is 0 Å². The zero-order valence-corrected chi connectivity index (χ0v) is 15.4. The van der Waals surface area contributed by atoms with E-state index in [0.29, 0.717) is 16.8 Å². The fourth-order valence-electron chi connectivity index (χ4n) is 2.70. The smallest absolute Gasteiger partial charge is 0.178 e. The van der Waals surface area contributed by atoms with E-state index in [-0.39, 0.29) is 0 Å². The molecule has 0 aliphatic carbocycles. The highest BCUT2D eigenvalue weighted by Crippen LogP contribution is 2.40. The number of methoxy groups -OCH3 is 1. The van der Waals surface area contributed by atoms with Crippen molar-refractivity contribution in [3.8, 4) is 17.0 Å². The van der Waals surface area contributed by atoms with E-state index < -0.39 is 0 Å². The van der Waals surface area contributed by atoms with Gasteiger partial charge >= 0.3 is 0 Å². The molecule has 1 aromatic heterocycles. The Kier molecular flexibility index (Phi) is 5.94. The number of benzene rings is 1. The summed E-state index contributed by atoms with van der Waals surface area (Å²) in [6.07, 6.45) is 2.91. The SMILES string of the molecule is CCC(C)c1cc(-c2csc(C=O)n2)cc(C(C)CC)c1OC. The molecule has 0 bridgehead atoms. The lowest BCUT2D eigenvalue weighted by atomic mass is 9.87. The van der Waals surface area contributed by atoms with E-state index in [1.165, 1.54) is 22.5 Å². The summed E-state index contributed by atoms with van der Waals surface area (Å²) in [6, 6.07) is 4.34. The maximum absolute atomic E-state index is 10.9. The number of aromatic nitrogens is 1. The summed E-state index contributed by atoms with van der Waals surface area (Å²) in [5.74, 6) is 1.83. The minimum Gasteiger partial charge on any atom is -0.496 e. The Morgan fingerprint density at radius 3 is 2.13 bits per heavy atom. The lowest BCUT2D eigenvalue weighted by Gasteiger charge is -2.22. The molecule has 1 heterocycles. The summed E-state index contributed by atoms with van der Waals surface area (Å²) in [5.41, 5.74) is 4.39. The number of hydrogen-bond acceptors (Lipinski definition) is 4. The van der Waals surface area contributed by atoms with Crippen LogP contribution in [-0.2, 0) is 0 Å². The Bertz CT molecular complexity index is 647. The third-order valence-corrected chi connectivity index (χ3v) is 5.33. The van der Waals surface area contributed by atoms with Gasteiger partial charge in [0.1, 0.15) is 5.75 Å². The van der Waals surface area contributed by atoms with Gasteiger partial charge in [0.25, 0.3) is 0 Å². The topological polar surface area (TPSA) is 39.2 Å². The standard InChI is InChI=1S/C19H25NO2S/c1-6-12(3)15-8-14(17-11-23-18(10-21)20-17)9-16(13(4)7-2)19(15)22-5/h8-13H,6-7H2,1-5H3. The number of ether oxygens (including phenoxy) is 1. The van der Waals surface area contributed by atoms with Crippen molar-refractivity contribution >= 4 is 17.6 Å². The first-order valence-electron chi connectivity index (χ1n) is 8.18. The van der Waals surface area contributed by atoms with Crippen molar-refractivity contribution in [2.24, 2.45) is 0 Å². The van der Waals surface area contributed by atoms with Gasteiger partial charge in [0.2, 0.25) is 0 Å². The number of thiazole rings is 1. The van der Waals surface area contributed by atoms with E-state index in [2.05, 4.69) is 44.8 Å². The molecule has 0 N–H and O–H groups in total. The van der Waals surface area contributed by atoms with Crippen molar-refractivity contribution < 1.29 is 9.53 Å². The average molecular weight is 331 g/mol. The van der Waals surface area contributed by atoms with Crippen molar-refractivity contribution in [2.45, 2.75) is 52.4 Å². The van der Waals surface area contributed by atoms with Crippen molar-refractivity contribution in [1.82, 2.24) is 4.98 Å². The highest BCUT2D eigenvalue weighted by Gasteiger charge is 2.20. The number of rotatable bonds is 7. The third kappa shape index (κ3) is 3.63. The average Bonchev–Trinajstić information content (AvgIpc) is 3.08. The van der Waals surface area contributed by atoms with Gasteiger partial charge in [0, 0.05) is 10.9 Å². The number of carbonyl (C=O) groups is 1. The monoisotopic (exact) mass is 331 g/mol. The lowest BCUT2D eigenvalue weighted by Crippen LogP contribution is -2.04. The highest BCUT2D eigenvalue weighted by molar-refractivity contribution is 7.11. The normalized spacial score (nSPS) is 13.6. The van der Waals surface area contributed by atoms with Gasteiger partial charge in [-0.15, -0.1) is 11.3 Å². The molecule has 0 aliphatic rings. The van der Waals surface area contributed by atoms with Crippen LogP contribution in [-0.4, -0.2) is 18.4 Å². The molecule has 2 aromatic rings. The molecular weight excluding hydrogens is 306 g/mol. The Morgan fingerprint density at radius 1 is 1.17 bits per heavy atom. The molecule has 4 heteroatoms. The van der Waals surface area contributed by atoms with Gasteiger partial charge in [-0.1, -0.05) is 27.7 Å². The Balaban J connectivity index is 2.65. The van der Waals surface area contributed by atoms with E-state index in [1.807, 2.05) is 5.38 Å². The molecule has 0 spiro atoms. The number of aldehydes is 1. The molecule has 2 atom stereocenters. The molecule has 23 heavy (non-hydrogen) atoms. The largest absolute Gasteiger partial charge is 0.496 e. The third-order valence-electron chi connectivity index (χ3n) is 4.56. The first-order valence-corrected chi connectivity index (χ1v) is 9.06. The molecule has 0 saturated heterocycles. The number of carbonyl (C=O) groups excluding carboxylic acids is 1. The van der Waals surface area contributed by atoms with Crippen LogP contribution < -0.4 is 4.74 Å². The Hall–Kier alpha value is -1.68. The number of hydrogen-bond donors (Lipinski definition) is 0. The summed E-state index contributed by atoms with van der Waals surface area (Å²) in [4.78, 5) is 15.3. The van der Waals surface area contributed by atoms with Gasteiger partial charge < -0.3 is 4.74 Å². The molecule has 0 saturated carbocycles. The first-order chi connectivity index (χ1) is 11.0. The maximum atomic E-state index is 10.9. The summed E-state index contributed by atoms with van der Waals surface area (Å²) < 4.78 is 5.77. The van der Waals surface area contributed by atoms with Gasteiger partial charge in [-0.3, -0.25) is 4.79 Å². The van der Waals surface area contributed by atoms with Gasteiger partial charge in [-0.05, 0) is 47.9 Å². The molecule has 0 radical (unpaired) electrons. The van der Waals surface area contributed by atoms with Crippen LogP contribution in [0.5, 0.6) is 5.75 Å².